The fraction of sp³-hybridized carbons (Fsp3) is 0.321. The Labute approximate surface area is 229 Å². The van der Waals surface area contributed by atoms with Crippen LogP contribution in [0, 0.1) is 6.92 Å². The first-order chi connectivity index (χ1) is 18.9. The Hall–Kier alpha value is -4.48. The van der Waals surface area contributed by atoms with Crippen LogP contribution in [0.4, 0.5) is 29.5 Å². The number of hydrogen-bond acceptors (Lipinski definition) is 7. The van der Waals surface area contributed by atoms with Crippen LogP contribution in [0.15, 0.2) is 61.1 Å². The highest BCUT2D eigenvalue weighted by Gasteiger charge is 2.28. The van der Waals surface area contributed by atoms with Crippen molar-refractivity contribution in [2.45, 2.75) is 46.0 Å². The van der Waals surface area contributed by atoms with E-state index in [1.807, 2.05) is 29.8 Å². The lowest BCUT2D eigenvalue weighted by Crippen LogP contribution is -2.34. The molecule has 0 atom stereocenters. The van der Waals surface area contributed by atoms with E-state index in [-0.39, 0.29) is 5.75 Å². The zero-order valence-corrected chi connectivity index (χ0v) is 22.5. The fourth-order valence-electron chi connectivity index (χ4n) is 3.80. The van der Waals surface area contributed by atoms with Gasteiger partial charge in [0.2, 0.25) is 0 Å². The molecule has 212 valence electrons. The van der Waals surface area contributed by atoms with Gasteiger partial charge >= 0.3 is 12.3 Å². The SMILES string of the molecule is Cc1cc(Nc2ncnc3ccn(CCNC(=O)OC(C)(C)C)c23)ccc1Oc1cccc(OCC(F)(F)F)c1. The molecule has 0 saturated heterocycles. The number of anilines is 2. The predicted molar refractivity (Wildman–Crippen MR) is 144 cm³/mol. The minimum Gasteiger partial charge on any atom is -0.484 e. The summed E-state index contributed by atoms with van der Waals surface area (Å²) in [6.45, 7) is 6.70. The maximum atomic E-state index is 12.5. The number of aryl methyl sites for hydroxylation is 1. The van der Waals surface area contributed by atoms with Gasteiger partial charge < -0.3 is 29.4 Å². The Balaban J connectivity index is 1.44. The molecule has 0 radical (unpaired) electrons. The molecular weight excluding hydrogens is 527 g/mol. The number of amides is 1. The summed E-state index contributed by atoms with van der Waals surface area (Å²) in [7, 11) is 0. The van der Waals surface area contributed by atoms with Crippen molar-refractivity contribution in [1.82, 2.24) is 19.9 Å². The molecule has 0 bridgehead atoms. The van der Waals surface area contributed by atoms with Gasteiger partial charge in [-0.25, -0.2) is 14.8 Å². The summed E-state index contributed by atoms with van der Waals surface area (Å²) in [5.74, 6) is 1.51. The number of halogens is 3. The maximum Gasteiger partial charge on any atom is 0.422 e. The van der Waals surface area contributed by atoms with E-state index in [0.29, 0.717) is 30.4 Å². The number of rotatable bonds is 9. The van der Waals surface area contributed by atoms with E-state index in [0.717, 1.165) is 22.3 Å². The van der Waals surface area contributed by atoms with Crippen LogP contribution in [-0.4, -0.2) is 45.6 Å². The molecule has 0 fully saturated rings. The summed E-state index contributed by atoms with van der Waals surface area (Å²) in [6.07, 6.45) is -1.58. The van der Waals surface area contributed by atoms with Gasteiger partial charge in [-0.3, -0.25) is 0 Å². The number of fused-ring (bicyclic) bond motifs is 1. The molecule has 2 aromatic carbocycles. The van der Waals surface area contributed by atoms with Gasteiger partial charge in [0, 0.05) is 31.0 Å². The molecule has 2 aromatic heterocycles. The number of nitrogens with zero attached hydrogens (tertiary/aromatic N) is 3. The molecule has 0 aliphatic carbocycles. The van der Waals surface area contributed by atoms with Crippen LogP contribution in [0.3, 0.4) is 0 Å². The molecule has 40 heavy (non-hydrogen) atoms. The highest BCUT2D eigenvalue weighted by atomic mass is 19.4. The average Bonchev–Trinajstić information content (AvgIpc) is 3.27. The molecule has 2 heterocycles. The summed E-state index contributed by atoms with van der Waals surface area (Å²) < 4.78 is 55.3. The van der Waals surface area contributed by atoms with Gasteiger partial charge in [-0.1, -0.05) is 6.07 Å². The fourth-order valence-corrected chi connectivity index (χ4v) is 3.80. The number of alkyl carbamates (subject to hydrolysis) is 1. The van der Waals surface area contributed by atoms with Crippen molar-refractivity contribution in [3.63, 3.8) is 0 Å². The van der Waals surface area contributed by atoms with Gasteiger partial charge in [0.15, 0.2) is 12.4 Å². The van der Waals surface area contributed by atoms with Crippen molar-refractivity contribution in [2.24, 2.45) is 0 Å². The third-order valence-electron chi connectivity index (χ3n) is 5.44. The summed E-state index contributed by atoms with van der Waals surface area (Å²) in [6, 6.07) is 13.3. The van der Waals surface area contributed by atoms with E-state index >= 15 is 0 Å². The van der Waals surface area contributed by atoms with Crippen molar-refractivity contribution in [3.05, 3.63) is 66.6 Å². The van der Waals surface area contributed by atoms with Crippen LogP contribution in [0.2, 0.25) is 0 Å². The quantitative estimate of drug-likeness (QED) is 0.235. The van der Waals surface area contributed by atoms with E-state index in [1.165, 1.54) is 18.5 Å². The molecule has 4 rings (SSSR count). The van der Waals surface area contributed by atoms with Crippen molar-refractivity contribution in [1.29, 1.82) is 0 Å². The van der Waals surface area contributed by atoms with Crippen LogP contribution in [0.5, 0.6) is 17.2 Å². The molecule has 0 aliphatic heterocycles. The smallest absolute Gasteiger partial charge is 0.422 e. The lowest BCUT2D eigenvalue weighted by atomic mass is 10.2. The van der Waals surface area contributed by atoms with E-state index in [1.54, 1.807) is 45.0 Å². The predicted octanol–water partition coefficient (Wildman–Crippen LogP) is 6.74. The number of carbonyl (C=O) groups is 1. The highest BCUT2D eigenvalue weighted by Crippen LogP contribution is 2.31. The van der Waals surface area contributed by atoms with Crippen LogP contribution in [-0.2, 0) is 11.3 Å². The number of carbonyl (C=O) groups excluding carboxylic acids is 1. The Morgan fingerprint density at radius 1 is 1.02 bits per heavy atom. The maximum absolute atomic E-state index is 12.5. The highest BCUT2D eigenvalue weighted by molar-refractivity contribution is 5.88. The van der Waals surface area contributed by atoms with Crippen LogP contribution in [0.1, 0.15) is 26.3 Å². The van der Waals surface area contributed by atoms with E-state index in [2.05, 4.69) is 20.6 Å². The van der Waals surface area contributed by atoms with Crippen molar-refractivity contribution in [3.8, 4) is 17.2 Å². The molecule has 4 aromatic rings. The van der Waals surface area contributed by atoms with E-state index in [9.17, 15) is 18.0 Å². The summed E-state index contributed by atoms with van der Waals surface area (Å²) >= 11 is 0. The van der Waals surface area contributed by atoms with Gasteiger partial charge in [-0.15, -0.1) is 0 Å². The average molecular weight is 558 g/mol. The number of hydrogen-bond donors (Lipinski definition) is 2. The Morgan fingerprint density at radius 3 is 2.52 bits per heavy atom. The van der Waals surface area contributed by atoms with Crippen LogP contribution in [0.25, 0.3) is 11.0 Å². The van der Waals surface area contributed by atoms with Crippen LogP contribution < -0.4 is 20.1 Å². The number of alkyl halides is 3. The monoisotopic (exact) mass is 557 g/mol. The van der Waals surface area contributed by atoms with E-state index < -0.39 is 24.5 Å². The molecule has 0 spiro atoms. The van der Waals surface area contributed by atoms with Gasteiger partial charge in [0.25, 0.3) is 0 Å². The molecule has 9 nitrogen and oxygen atoms in total. The lowest BCUT2D eigenvalue weighted by molar-refractivity contribution is -0.153. The van der Waals surface area contributed by atoms with Crippen LogP contribution >= 0.6 is 0 Å². The zero-order chi connectivity index (χ0) is 28.9. The zero-order valence-electron chi connectivity index (χ0n) is 22.5. The molecule has 1 amide bonds. The van der Waals surface area contributed by atoms with Gasteiger partial charge in [0.05, 0.1) is 5.52 Å². The second-order valence-corrected chi connectivity index (χ2v) is 9.98. The van der Waals surface area contributed by atoms with Gasteiger partial charge in [-0.2, -0.15) is 13.2 Å². The number of benzene rings is 2. The van der Waals surface area contributed by atoms with Gasteiger partial charge in [0.1, 0.15) is 34.7 Å². The Bertz CT molecular complexity index is 1480. The largest absolute Gasteiger partial charge is 0.484 e. The molecule has 0 saturated carbocycles. The van der Waals surface area contributed by atoms with Crippen molar-refractivity contribution >= 4 is 28.6 Å². The minimum atomic E-state index is -4.43. The molecular formula is C28H30F3N5O4. The third kappa shape index (κ3) is 8.01. The summed E-state index contributed by atoms with van der Waals surface area (Å²) in [4.78, 5) is 20.7. The number of nitrogens with one attached hydrogen (secondary N) is 2. The van der Waals surface area contributed by atoms with Crippen molar-refractivity contribution < 1.29 is 32.2 Å². The standard InChI is InChI=1S/C28H30F3N5O4/c1-18-14-19(8-9-23(18)39-21-7-5-6-20(15-21)38-16-28(29,30)31)35-25-24-22(33-17-34-25)10-12-36(24)13-11-32-26(37)40-27(2,3)4/h5-10,12,14-15,17H,11,13,16H2,1-4H3,(H,32,37)(H,33,34,35). The first kappa shape index (κ1) is 28.5. The third-order valence-corrected chi connectivity index (χ3v) is 5.44. The molecule has 0 aliphatic rings. The molecule has 2 N–H and O–H groups in total. The molecule has 12 heteroatoms. The Kier molecular flexibility index (Phi) is 8.36. The van der Waals surface area contributed by atoms with E-state index in [4.69, 9.17) is 14.2 Å². The topological polar surface area (TPSA) is 99.5 Å². The number of aromatic nitrogens is 3. The summed E-state index contributed by atoms with van der Waals surface area (Å²) in [5.41, 5.74) is 2.45. The summed E-state index contributed by atoms with van der Waals surface area (Å²) in [5, 5.41) is 6.06. The Morgan fingerprint density at radius 2 is 1.80 bits per heavy atom. The minimum absolute atomic E-state index is 0.0582. The molecule has 0 unspecified atom stereocenters. The van der Waals surface area contributed by atoms with Crippen molar-refractivity contribution in [2.75, 3.05) is 18.5 Å². The first-order valence-corrected chi connectivity index (χ1v) is 12.5. The normalized spacial score (nSPS) is 11.8. The second-order valence-electron chi connectivity index (χ2n) is 9.98. The lowest BCUT2D eigenvalue weighted by Gasteiger charge is -2.19. The first-order valence-electron chi connectivity index (χ1n) is 12.5. The second kappa shape index (κ2) is 11.7. The number of ether oxygens (including phenoxy) is 3. The van der Waals surface area contributed by atoms with Gasteiger partial charge in [-0.05, 0) is 69.7 Å².